The van der Waals surface area contributed by atoms with E-state index < -0.39 is 117 Å². The van der Waals surface area contributed by atoms with Crippen molar-refractivity contribution in [2.45, 2.75) is 204 Å². The lowest BCUT2D eigenvalue weighted by molar-refractivity contribution is -0.389. The fourth-order valence-corrected chi connectivity index (χ4v) is 14.9. The zero-order valence-corrected chi connectivity index (χ0v) is 38.6. The molecule has 0 amide bonds. The normalized spacial score (nSPS) is 57.7. The lowest BCUT2D eigenvalue weighted by Crippen LogP contribution is -2.68. The first-order chi connectivity index (χ1) is 30.0. The van der Waals surface area contributed by atoms with Gasteiger partial charge in [-0.2, -0.15) is 0 Å². The molecule has 0 bridgehead atoms. The van der Waals surface area contributed by atoms with Crippen LogP contribution in [0.4, 0.5) is 0 Å². The molecule has 3 aliphatic heterocycles. The molecule has 7 fully saturated rings. The maximum atomic E-state index is 11.6. The van der Waals surface area contributed by atoms with Crippen LogP contribution in [-0.4, -0.2) is 181 Å². The Kier molecular flexibility index (Phi) is 13.5. The molecule has 25 unspecified atom stereocenters. The molecule has 0 aromatic heterocycles. The Hall–Kier alpha value is -0.940. The molecule has 8 aliphatic rings. The van der Waals surface area contributed by atoms with Crippen LogP contribution in [-0.2, 0) is 28.4 Å². The minimum atomic E-state index is -1.77. The molecular weight excluding hydrogens is 837 g/mol. The molecule has 11 N–H and O–H groups in total. The maximum Gasteiger partial charge on any atom is 0.187 e. The highest BCUT2D eigenvalue weighted by Gasteiger charge is 2.70. The summed E-state index contributed by atoms with van der Waals surface area (Å²) in [6.07, 6.45) is -13.0. The van der Waals surface area contributed by atoms with Gasteiger partial charge in [-0.25, -0.2) is 0 Å². The predicted molar refractivity (Wildman–Crippen MR) is 225 cm³/mol. The maximum absolute atomic E-state index is 11.6. The van der Waals surface area contributed by atoms with Crippen LogP contribution in [0.15, 0.2) is 11.6 Å². The van der Waals surface area contributed by atoms with Crippen molar-refractivity contribution in [1.82, 2.24) is 0 Å². The van der Waals surface area contributed by atoms with Crippen molar-refractivity contribution in [2.24, 2.45) is 50.2 Å². The van der Waals surface area contributed by atoms with E-state index in [-0.39, 0.29) is 58.0 Å². The Morgan fingerprint density at radius 2 is 1.33 bits per heavy atom. The summed E-state index contributed by atoms with van der Waals surface area (Å²) in [5.41, 5.74) is -0.438. The third kappa shape index (κ3) is 7.53. The fraction of sp³-hybridized carbons (Fsp3) is 0.957. The number of aliphatic hydroxyl groups is 11. The van der Waals surface area contributed by atoms with Crippen molar-refractivity contribution in [3.05, 3.63) is 11.6 Å². The van der Waals surface area contributed by atoms with E-state index in [1.54, 1.807) is 0 Å². The third-order valence-corrected chi connectivity index (χ3v) is 19.4. The van der Waals surface area contributed by atoms with E-state index in [2.05, 4.69) is 40.7 Å². The van der Waals surface area contributed by atoms with Crippen molar-refractivity contribution >= 4 is 0 Å². The van der Waals surface area contributed by atoms with Gasteiger partial charge in [0.05, 0.1) is 38.1 Å². The van der Waals surface area contributed by atoms with Crippen LogP contribution in [0.2, 0.25) is 0 Å². The quantitative estimate of drug-likeness (QED) is 0.109. The van der Waals surface area contributed by atoms with E-state index in [9.17, 15) is 56.2 Å². The van der Waals surface area contributed by atoms with Gasteiger partial charge in [-0.1, -0.05) is 53.2 Å². The summed E-state index contributed by atoms with van der Waals surface area (Å²) < 4.78 is 36.5. The van der Waals surface area contributed by atoms with Gasteiger partial charge in [-0.05, 0) is 104 Å². The number of aliphatic hydroxyl groups excluding tert-OH is 11. The van der Waals surface area contributed by atoms with Crippen molar-refractivity contribution in [2.75, 3.05) is 26.4 Å². The molecule has 8 rings (SSSR count). The van der Waals surface area contributed by atoms with E-state index in [1.165, 1.54) is 12.5 Å². The summed E-state index contributed by atoms with van der Waals surface area (Å²) in [6.45, 7) is 13.8. The van der Waals surface area contributed by atoms with Gasteiger partial charge in [0, 0.05) is 17.4 Å². The topological polar surface area (TPSA) is 278 Å². The summed E-state index contributed by atoms with van der Waals surface area (Å²) in [5.74, 6) is 0.418. The number of fused-ring (bicyclic) bond motifs is 7. The molecule has 17 heteroatoms. The summed E-state index contributed by atoms with van der Waals surface area (Å²) in [4.78, 5) is 0. The summed E-state index contributed by atoms with van der Waals surface area (Å²) in [7, 11) is 0. The summed E-state index contributed by atoms with van der Waals surface area (Å²) >= 11 is 0. The highest BCUT2D eigenvalue weighted by atomic mass is 16.8. The molecule has 0 spiro atoms. The molecule has 64 heavy (non-hydrogen) atoms. The smallest absolute Gasteiger partial charge is 0.187 e. The average molecular weight is 915 g/mol. The van der Waals surface area contributed by atoms with Gasteiger partial charge in [0.2, 0.25) is 0 Å². The van der Waals surface area contributed by atoms with E-state index >= 15 is 0 Å². The Labute approximate surface area is 376 Å². The van der Waals surface area contributed by atoms with Crippen LogP contribution in [0, 0.1) is 50.2 Å². The molecule has 368 valence electrons. The van der Waals surface area contributed by atoms with Gasteiger partial charge in [0.1, 0.15) is 61.0 Å². The third-order valence-electron chi connectivity index (χ3n) is 19.4. The first-order valence-electron chi connectivity index (χ1n) is 23.8. The number of rotatable bonds is 9. The first-order valence-corrected chi connectivity index (χ1v) is 23.8. The first kappa shape index (κ1) is 49.5. The summed E-state index contributed by atoms with van der Waals surface area (Å²) in [5, 5.41) is 120. The minimum absolute atomic E-state index is 0.00944. The summed E-state index contributed by atoms with van der Waals surface area (Å²) in [6, 6.07) is 0. The second kappa shape index (κ2) is 17.5. The van der Waals surface area contributed by atoms with Crippen LogP contribution < -0.4 is 0 Å². The number of hydrogen-bond donors (Lipinski definition) is 11. The molecule has 0 aromatic carbocycles. The number of hydrogen-bond acceptors (Lipinski definition) is 17. The second-order valence-corrected chi connectivity index (χ2v) is 22.9. The Balaban J connectivity index is 1.05. The van der Waals surface area contributed by atoms with Crippen LogP contribution in [0.3, 0.4) is 0 Å². The zero-order valence-electron chi connectivity index (χ0n) is 38.6. The Morgan fingerprint density at radius 3 is 2.00 bits per heavy atom. The molecule has 0 radical (unpaired) electrons. The highest BCUT2D eigenvalue weighted by molar-refractivity contribution is 5.34. The van der Waals surface area contributed by atoms with Gasteiger partial charge in [0.25, 0.3) is 0 Å². The predicted octanol–water partition coefficient (Wildman–Crippen LogP) is 0.224. The average Bonchev–Trinajstić information content (AvgIpc) is 3.26. The second-order valence-electron chi connectivity index (χ2n) is 22.9. The van der Waals surface area contributed by atoms with Crippen molar-refractivity contribution in [3.8, 4) is 0 Å². The van der Waals surface area contributed by atoms with E-state index in [0.29, 0.717) is 12.8 Å². The fourth-order valence-electron chi connectivity index (χ4n) is 14.9. The molecule has 4 saturated carbocycles. The molecule has 25 atom stereocenters. The molecule has 0 aromatic rings. The van der Waals surface area contributed by atoms with E-state index in [1.807, 2.05) is 6.92 Å². The standard InChI is InChI=1S/C47H78O17/c1-22-31(53)34(56)36(58)39(60-22)63-37-32(54)25(51)19-59-40(37)64-38-35(57)33(55)26(18-48)61-41(38)62-30-11-12-44(4)27(45(30,5)21-50)10-13-47(7)28(44)9-8-23-24-16-42(2,20-49)17-29(52)43(24,3)14-15-46(23,47)6/h8,22,24-41,48-58H,9-21H2,1-7H3. The van der Waals surface area contributed by atoms with Gasteiger partial charge < -0.3 is 84.6 Å². The zero-order chi connectivity index (χ0) is 46.7. The van der Waals surface area contributed by atoms with E-state index in [4.69, 9.17) is 28.4 Å². The SMILES string of the molecule is CC1OC(OC2C(OC3C(OC4CCC5(C)C(CCC6(C)C5CC=C5C7CC(C)(CO)CC(O)C7(C)CCC56C)C4(C)CO)OC(CO)C(O)C3O)OCC(O)C2O)C(O)C(O)C1O. The highest BCUT2D eigenvalue weighted by Crippen LogP contribution is 2.76. The molecule has 3 heterocycles. The van der Waals surface area contributed by atoms with Crippen LogP contribution >= 0.6 is 0 Å². The molecular formula is C47H78O17. The minimum Gasteiger partial charge on any atom is -0.396 e. The number of allylic oxidation sites excluding steroid dienone is 2. The van der Waals surface area contributed by atoms with Crippen molar-refractivity contribution < 1.29 is 84.6 Å². The van der Waals surface area contributed by atoms with Gasteiger partial charge in [-0.3, -0.25) is 0 Å². The lowest BCUT2D eigenvalue weighted by atomic mass is 9.33. The van der Waals surface area contributed by atoms with Crippen LogP contribution in [0.5, 0.6) is 0 Å². The van der Waals surface area contributed by atoms with Gasteiger partial charge >= 0.3 is 0 Å². The molecule has 17 nitrogen and oxygen atoms in total. The lowest BCUT2D eigenvalue weighted by Gasteiger charge is -2.72. The van der Waals surface area contributed by atoms with Gasteiger partial charge in [0.15, 0.2) is 18.9 Å². The Morgan fingerprint density at radius 1 is 0.641 bits per heavy atom. The number of ether oxygens (including phenoxy) is 6. The van der Waals surface area contributed by atoms with E-state index in [0.717, 1.165) is 44.9 Å². The van der Waals surface area contributed by atoms with Crippen molar-refractivity contribution in [1.29, 1.82) is 0 Å². The van der Waals surface area contributed by atoms with Crippen LogP contribution in [0.1, 0.15) is 106 Å². The molecule has 3 saturated heterocycles. The van der Waals surface area contributed by atoms with Gasteiger partial charge in [-0.15, -0.1) is 0 Å². The Bertz CT molecular complexity index is 1710. The van der Waals surface area contributed by atoms with Crippen LogP contribution in [0.25, 0.3) is 0 Å². The molecule has 5 aliphatic carbocycles. The van der Waals surface area contributed by atoms with Crippen molar-refractivity contribution in [3.63, 3.8) is 0 Å². The largest absolute Gasteiger partial charge is 0.396 e. The monoisotopic (exact) mass is 915 g/mol.